The zero-order valence-electron chi connectivity index (χ0n) is 12.2. The molecule has 21 heavy (non-hydrogen) atoms. The lowest BCUT2D eigenvalue weighted by Gasteiger charge is -2.16. The Morgan fingerprint density at radius 1 is 1.05 bits per heavy atom. The van der Waals surface area contributed by atoms with Crippen LogP contribution >= 0.6 is 24.8 Å². The summed E-state index contributed by atoms with van der Waals surface area (Å²) in [6, 6.07) is 4.10. The number of hydrogen-bond donors (Lipinski definition) is 2. The maximum atomic E-state index is 11.8. The molecule has 1 fully saturated rings. The van der Waals surface area contributed by atoms with Crippen molar-refractivity contribution in [3.8, 4) is 0 Å². The zero-order chi connectivity index (χ0) is 13.3. The van der Waals surface area contributed by atoms with E-state index < -0.39 is 0 Å². The molecule has 1 saturated carbocycles. The van der Waals surface area contributed by atoms with Crippen molar-refractivity contribution in [1.29, 1.82) is 0 Å². The van der Waals surface area contributed by atoms with Crippen LogP contribution in [0.25, 0.3) is 0 Å². The first kappa shape index (κ1) is 20.2. The highest BCUT2D eigenvalue weighted by Crippen LogP contribution is 2.16. The van der Waals surface area contributed by atoms with Crippen LogP contribution in [0.2, 0.25) is 0 Å². The molecule has 2 N–H and O–H groups in total. The number of nitrogens with zero attached hydrogens (tertiary/aromatic N) is 1. The van der Waals surface area contributed by atoms with Gasteiger partial charge in [-0.05, 0) is 25.0 Å². The van der Waals surface area contributed by atoms with E-state index in [-0.39, 0.29) is 30.7 Å². The molecule has 4 nitrogen and oxygen atoms in total. The quantitative estimate of drug-likeness (QED) is 0.643. The molecule has 0 saturated heterocycles. The molecular weight excluding hydrogens is 309 g/mol. The van der Waals surface area contributed by atoms with Crippen molar-refractivity contribution in [2.75, 3.05) is 13.1 Å². The van der Waals surface area contributed by atoms with Gasteiger partial charge in [-0.1, -0.05) is 25.7 Å². The molecule has 1 heterocycles. The Morgan fingerprint density at radius 2 is 1.67 bits per heavy atom. The second-order valence-corrected chi connectivity index (χ2v) is 5.13. The van der Waals surface area contributed by atoms with Gasteiger partial charge in [-0.15, -0.1) is 24.8 Å². The topological polar surface area (TPSA) is 54.0 Å². The van der Waals surface area contributed by atoms with Crippen LogP contribution in [0.4, 0.5) is 0 Å². The Hall–Kier alpha value is -0.840. The molecule has 0 radical (unpaired) electrons. The van der Waals surface area contributed by atoms with Crippen LogP contribution in [0.1, 0.15) is 48.9 Å². The van der Waals surface area contributed by atoms with Crippen LogP contribution in [0.3, 0.4) is 0 Å². The first-order chi connectivity index (χ1) is 9.36. The fourth-order valence-corrected chi connectivity index (χ4v) is 2.54. The molecule has 6 heteroatoms. The largest absolute Gasteiger partial charge is 0.351 e. The van der Waals surface area contributed by atoms with Crippen LogP contribution < -0.4 is 10.6 Å². The molecule has 1 aromatic rings. The molecule has 0 spiro atoms. The van der Waals surface area contributed by atoms with E-state index in [9.17, 15) is 4.79 Å². The Kier molecular flexibility index (Phi) is 11.3. The van der Waals surface area contributed by atoms with Gasteiger partial charge in [-0.3, -0.25) is 9.78 Å². The van der Waals surface area contributed by atoms with Gasteiger partial charge < -0.3 is 10.6 Å². The minimum absolute atomic E-state index is 0. The van der Waals surface area contributed by atoms with Crippen molar-refractivity contribution in [3.05, 3.63) is 30.1 Å². The fraction of sp³-hybridized carbons (Fsp3) is 0.600. The number of hydrogen-bond acceptors (Lipinski definition) is 3. The summed E-state index contributed by atoms with van der Waals surface area (Å²) in [4.78, 5) is 15.7. The summed E-state index contributed by atoms with van der Waals surface area (Å²) < 4.78 is 0. The Balaban J connectivity index is 0.00000200. The van der Waals surface area contributed by atoms with E-state index in [0.29, 0.717) is 18.2 Å². The number of pyridine rings is 1. The molecule has 1 aliphatic carbocycles. The minimum Gasteiger partial charge on any atom is -0.351 e. The standard InChI is InChI=1S/C15H23N3O.2ClH/c19-15(13-7-9-16-10-8-13)18-12-11-17-14-5-3-1-2-4-6-14;;/h7-10,14,17H,1-6,11-12H2,(H,18,19);2*1H. The number of nitrogens with one attached hydrogen (secondary N) is 2. The second kappa shape index (κ2) is 11.8. The molecular formula is C15H25Cl2N3O. The normalized spacial score (nSPS) is 15.2. The lowest BCUT2D eigenvalue weighted by atomic mass is 10.1. The third-order valence-corrected chi connectivity index (χ3v) is 3.64. The van der Waals surface area contributed by atoms with E-state index in [0.717, 1.165) is 6.54 Å². The second-order valence-electron chi connectivity index (χ2n) is 5.13. The smallest absolute Gasteiger partial charge is 0.251 e. The van der Waals surface area contributed by atoms with Crippen LogP contribution in [-0.2, 0) is 0 Å². The summed E-state index contributed by atoms with van der Waals surface area (Å²) in [5.74, 6) is -0.0231. The van der Waals surface area contributed by atoms with Crippen molar-refractivity contribution in [2.45, 2.75) is 44.6 Å². The van der Waals surface area contributed by atoms with Crippen LogP contribution in [0, 0.1) is 0 Å². The van der Waals surface area contributed by atoms with Crippen molar-refractivity contribution in [3.63, 3.8) is 0 Å². The predicted molar refractivity (Wildman–Crippen MR) is 90.6 cm³/mol. The summed E-state index contributed by atoms with van der Waals surface area (Å²) in [7, 11) is 0. The SMILES string of the molecule is Cl.Cl.O=C(NCCNC1CCCCCC1)c1ccncc1. The van der Waals surface area contributed by atoms with Gasteiger partial charge in [0.05, 0.1) is 0 Å². The van der Waals surface area contributed by atoms with E-state index in [2.05, 4.69) is 15.6 Å². The molecule has 120 valence electrons. The lowest BCUT2D eigenvalue weighted by molar-refractivity contribution is 0.0953. The summed E-state index contributed by atoms with van der Waals surface area (Å²) in [5.41, 5.74) is 0.671. The zero-order valence-corrected chi connectivity index (χ0v) is 13.8. The maximum absolute atomic E-state index is 11.8. The average molecular weight is 334 g/mol. The Bertz CT molecular complexity index is 382. The van der Waals surface area contributed by atoms with Gasteiger partial charge in [0.15, 0.2) is 0 Å². The van der Waals surface area contributed by atoms with Gasteiger partial charge in [0.1, 0.15) is 0 Å². The Morgan fingerprint density at radius 3 is 2.29 bits per heavy atom. The van der Waals surface area contributed by atoms with E-state index in [1.165, 1.54) is 38.5 Å². The molecule has 2 rings (SSSR count). The summed E-state index contributed by atoms with van der Waals surface area (Å²) in [6.07, 6.45) is 11.2. The summed E-state index contributed by atoms with van der Waals surface area (Å²) in [5, 5.41) is 6.47. The first-order valence-electron chi connectivity index (χ1n) is 7.28. The van der Waals surface area contributed by atoms with Gasteiger partial charge in [-0.25, -0.2) is 0 Å². The number of aromatic nitrogens is 1. The monoisotopic (exact) mass is 333 g/mol. The molecule has 0 atom stereocenters. The number of amides is 1. The van der Waals surface area contributed by atoms with E-state index >= 15 is 0 Å². The highest BCUT2D eigenvalue weighted by atomic mass is 35.5. The van der Waals surface area contributed by atoms with E-state index in [1.807, 2.05) is 0 Å². The molecule has 0 bridgehead atoms. The number of halogens is 2. The summed E-state index contributed by atoms with van der Waals surface area (Å²) >= 11 is 0. The molecule has 1 amide bonds. The van der Waals surface area contributed by atoms with E-state index in [1.54, 1.807) is 24.5 Å². The molecule has 1 aromatic heterocycles. The minimum atomic E-state index is -0.0231. The van der Waals surface area contributed by atoms with Crippen molar-refractivity contribution < 1.29 is 4.79 Å². The summed E-state index contributed by atoms with van der Waals surface area (Å²) in [6.45, 7) is 1.53. The van der Waals surface area contributed by atoms with Crippen LogP contribution in [0.5, 0.6) is 0 Å². The molecule has 0 aromatic carbocycles. The van der Waals surface area contributed by atoms with E-state index in [4.69, 9.17) is 0 Å². The Labute approximate surface area is 139 Å². The van der Waals surface area contributed by atoms with Crippen molar-refractivity contribution in [2.24, 2.45) is 0 Å². The molecule has 1 aliphatic rings. The molecule has 0 unspecified atom stereocenters. The average Bonchev–Trinajstić information content (AvgIpc) is 2.73. The lowest BCUT2D eigenvalue weighted by Crippen LogP contribution is -2.36. The fourth-order valence-electron chi connectivity index (χ4n) is 2.54. The molecule has 0 aliphatic heterocycles. The van der Waals surface area contributed by atoms with Gasteiger partial charge in [-0.2, -0.15) is 0 Å². The van der Waals surface area contributed by atoms with Crippen molar-refractivity contribution in [1.82, 2.24) is 15.6 Å². The van der Waals surface area contributed by atoms with Gasteiger partial charge in [0.25, 0.3) is 5.91 Å². The highest BCUT2D eigenvalue weighted by Gasteiger charge is 2.11. The number of rotatable bonds is 5. The van der Waals surface area contributed by atoms with Crippen molar-refractivity contribution >= 4 is 30.7 Å². The third-order valence-electron chi connectivity index (χ3n) is 3.64. The van der Waals surface area contributed by atoms with Crippen LogP contribution in [-0.4, -0.2) is 30.0 Å². The third kappa shape index (κ3) is 7.65. The predicted octanol–water partition coefficient (Wildman–Crippen LogP) is 2.97. The van der Waals surface area contributed by atoms with Gasteiger partial charge in [0.2, 0.25) is 0 Å². The number of carbonyl (C=O) groups excluding carboxylic acids is 1. The van der Waals surface area contributed by atoms with Gasteiger partial charge >= 0.3 is 0 Å². The van der Waals surface area contributed by atoms with Crippen LogP contribution in [0.15, 0.2) is 24.5 Å². The maximum Gasteiger partial charge on any atom is 0.251 e. The van der Waals surface area contributed by atoms with Gasteiger partial charge in [0, 0.05) is 37.1 Å². The first-order valence-corrected chi connectivity index (χ1v) is 7.28. The highest BCUT2D eigenvalue weighted by molar-refractivity contribution is 5.93. The number of carbonyl (C=O) groups is 1.